The third-order valence-electron chi connectivity index (χ3n) is 4.46. The molecule has 0 unspecified atom stereocenters. The van der Waals surface area contributed by atoms with Crippen LogP contribution in [0.5, 0.6) is 0 Å². The number of nitrogens with zero attached hydrogens (tertiary/aromatic N) is 4. The predicted molar refractivity (Wildman–Crippen MR) is 108 cm³/mol. The summed E-state index contributed by atoms with van der Waals surface area (Å²) < 4.78 is 19.0. The summed E-state index contributed by atoms with van der Waals surface area (Å²) in [6.45, 7) is 5.39. The lowest BCUT2D eigenvalue weighted by Crippen LogP contribution is -2.50. The number of aromatic nitrogens is 2. The zero-order valence-electron chi connectivity index (χ0n) is 16.4. The summed E-state index contributed by atoms with van der Waals surface area (Å²) in [5.74, 6) is -0.973. The van der Waals surface area contributed by atoms with Gasteiger partial charge in [-0.2, -0.15) is 0 Å². The first-order valence-electron chi connectivity index (χ1n) is 9.30. The number of carbonyl (C=O) groups excluding carboxylic acids is 2. The smallest absolute Gasteiger partial charge is 0.316 e. The standard InChI is InChI=1S/C20H23FN4O3S/c1-14-11-15(2)23-20(22-14)29-13-19(27)28-12-18(26)25-9-7-24(8-10-25)17-6-4-3-5-16(17)21/h3-6,11H,7-10,12-13H2,1-2H3. The van der Waals surface area contributed by atoms with Gasteiger partial charge in [0.15, 0.2) is 11.8 Å². The Balaban J connectivity index is 1.40. The van der Waals surface area contributed by atoms with E-state index in [1.165, 1.54) is 17.8 Å². The zero-order chi connectivity index (χ0) is 20.8. The van der Waals surface area contributed by atoms with Gasteiger partial charge in [-0.15, -0.1) is 0 Å². The van der Waals surface area contributed by atoms with Crippen LogP contribution in [0, 0.1) is 19.7 Å². The Kier molecular flexibility index (Phi) is 7.03. The molecule has 1 aromatic carbocycles. The lowest BCUT2D eigenvalue weighted by atomic mass is 10.2. The van der Waals surface area contributed by atoms with E-state index < -0.39 is 5.97 Å². The molecule has 0 bridgehead atoms. The van der Waals surface area contributed by atoms with Crippen LogP contribution in [0.15, 0.2) is 35.5 Å². The fourth-order valence-electron chi connectivity index (χ4n) is 3.06. The molecule has 3 rings (SSSR count). The average molecular weight is 418 g/mol. The third kappa shape index (κ3) is 5.90. The van der Waals surface area contributed by atoms with Gasteiger partial charge in [-0.05, 0) is 32.0 Å². The Labute approximate surface area is 173 Å². The highest BCUT2D eigenvalue weighted by Gasteiger charge is 2.23. The first-order chi connectivity index (χ1) is 13.9. The molecule has 1 fully saturated rings. The van der Waals surface area contributed by atoms with Crippen LogP contribution >= 0.6 is 11.8 Å². The minimum absolute atomic E-state index is 0.0389. The summed E-state index contributed by atoms with van der Waals surface area (Å²) in [5.41, 5.74) is 2.20. The van der Waals surface area contributed by atoms with Crippen LogP contribution in [0.25, 0.3) is 0 Å². The van der Waals surface area contributed by atoms with Crippen molar-refractivity contribution in [3.63, 3.8) is 0 Å². The van der Waals surface area contributed by atoms with Gasteiger partial charge < -0.3 is 14.5 Å². The highest BCUT2D eigenvalue weighted by Crippen LogP contribution is 2.20. The molecule has 154 valence electrons. The van der Waals surface area contributed by atoms with E-state index in [1.54, 1.807) is 23.1 Å². The van der Waals surface area contributed by atoms with Gasteiger partial charge in [-0.25, -0.2) is 14.4 Å². The van der Waals surface area contributed by atoms with Gasteiger partial charge >= 0.3 is 5.97 Å². The monoisotopic (exact) mass is 418 g/mol. The summed E-state index contributed by atoms with van der Waals surface area (Å²) in [7, 11) is 0. The number of halogens is 1. The van der Waals surface area contributed by atoms with Gasteiger partial charge in [0.1, 0.15) is 5.82 Å². The number of para-hydroxylation sites is 1. The quantitative estimate of drug-likeness (QED) is 0.404. The number of ether oxygens (including phenoxy) is 1. The summed E-state index contributed by atoms with van der Waals surface area (Å²) in [6, 6.07) is 8.44. The molecule has 0 spiro atoms. The normalized spacial score (nSPS) is 14.0. The molecule has 1 amide bonds. The van der Waals surface area contributed by atoms with Gasteiger partial charge in [0, 0.05) is 37.6 Å². The van der Waals surface area contributed by atoms with Crippen LogP contribution in [0.3, 0.4) is 0 Å². The number of hydrogen-bond donors (Lipinski definition) is 0. The number of thioether (sulfide) groups is 1. The van der Waals surface area contributed by atoms with E-state index in [4.69, 9.17) is 4.74 Å². The molecule has 2 aromatic rings. The number of piperazine rings is 1. The molecule has 1 aromatic heterocycles. The van der Waals surface area contributed by atoms with Crippen molar-refractivity contribution in [3.8, 4) is 0 Å². The lowest BCUT2D eigenvalue weighted by Gasteiger charge is -2.36. The number of esters is 1. The molecular formula is C20H23FN4O3S. The molecule has 0 radical (unpaired) electrons. The molecule has 0 aliphatic carbocycles. The van der Waals surface area contributed by atoms with Gasteiger partial charge in [0.25, 0.3) is 5.91 Å². The summed E-state index contributed by atoms with van der Waals surface area (Å²) in [6.07, 6.45) is 0. The average Bonchev–Trinajstić information content (AvgIpc) is 2.70. The molecule has 0 N–H and O–H groups in total. The molecule has 7 nitrogen and oxygen atoms in total. The van der Waals surface area contributed by atoms with Gasteiger partial charge in [-0.3, -0.25) is 9.59 Å². The number of carbonyl (C=O) groups is 2. The Morgan fingerprint density at radius 1 is 1.10 bits per heavy atom. The highest BCUT2D eigenvalue weighted by molar-refractivity contribution is 7.99. The maximum absolute atomic E-state index is 13.9. The van der Waals surface area contributed by atoms with Crippen LogP contribution in [0.2, 0.25) is 0 Å². The Morgan fingerprint density at radius 3 is 2.41 bits per heavy atom. The number of aryl methyl sites for hydroxylation is 2. The van der Waals surface area contributed by atoms with Crippen molar-refractivity contribution in [1.29, 1.82) is 0 Å². The van der Waals surface area contributed by atoms with Crippen LogP contribution < -0.4 is 4.90 Å². The molecule has 0 atom stereocenters. The van der Waals surface area contributed by atoms with E-state index in [-0.39, 0.29) is 24.1 Å². The fourth-order valence-corrected chi connectivity index (χ4v) is 3.81. The lowest BCUT2D eigenvalue weighted by molar-refractivity contribution is -0.150. The van der Waals surface area contributed by atoms with E-state index in [1.807, 2.05) is 24.8 Å². The van der Waals surface area contributed by atoms with Crippen molar-refractivity contribution in [2.75, 3.05) is 43.4 Å². The predicted octanol–water partition coefficient (Wildman–Crippen LogP) is 2.22. The molecule has 29 heavy (non-hydrogen) atoms. The van der Waals surface area contributed by atoms with Crippen molar-refractivity contribution in [1.82, 2.24) is 14.9 Å². The molecule has 2 heterocycles. The summed E-state index contributed by atoms with van der Waals surface area (Å²) >= 11 is 1.18. The SMILES string of the molecule is Cc1cc(C)nc(SCC(=O)OCC(=O)N2CCN(c3ccccc3F)CC2)n1. The molecule has 1 aliphatic rings. The highest BCUT2D eigenvalue weighted by atomic mass is 32.2. The van der Waals surface area contributed by atoms with Crippen LogP contribution in [-0.2, 0) is 14.3 Å². The Bertz CT molecular complexity index is 868. The van der Waals surface area contributed by atoms with Crippen LogP contribution in [0.1, 0.15) is 11.4 Å². The molecule has 1 saturated heterocycles. The fraction of sp³-hybridized carbons (Fsp3) is 0.400. The van der Waals surface area contributed by atoms with Gasteiger partial charge in [0.2, 0.25) is 0 Å². The zero-order valence-corrected chi connectivity index (χ0v) is 17.2. The molecule has 1 aliphatic heterocycles. The van der Waals surface area contributed by atoms with Crippen LogP contribution in [0.4, 0.5) is 10.1 Å². The van der Waals surface area contributed by atoms with Crippen molar-refractivity contribution in [2.45, 2.75) is 19.0 Å². The first kappa shape index (κ1) is 21.0. The number of anilines is 1. The van der Waals surface area contributed by atoms with Crippen molar-refractivity contribution >= 4 is 29.3 Å². The van der Waals surface area contributed by atoms with E-state index in [0.29, 0.717) is 37.0 Å². The van der Waals surface area contributed by atoms with Crippen LogP contribution in [-0.4, -0.2) is 65.3 Å². The second kappa shape index (κ2) is 9.69. The second-order valence-electron chi connectivity index (χ2n) is 6.70. The Morgan fingerprint density at radius 2 is 1.76 bits per heavy atom. The molecule has 0 saturated carbocycles. The van der Waals surface area contributed by atoms with E-state index >= 15 is 0 Å². The molecule has 9 heteroatoms. The number of rotatable bonds is 6. The van der Waals surface area contributed by atoms with E-state index in [0.717, 1.165) is 11.4 Å². The van der Waals surface area contributed by atoms with E-state index in [9.17, 15) is 14.0 Å². The number of benzene rings is 1. The van der Waals surface area contributed by atoms with Crippen molar-refractivity contribution in [2.24, 2.45) is 0 Å². The minimum Gasteiger partial charge on any atom is -0.455 e. The van der Waals surface area contributed by atoms with Gasteiger partial charge in [-0.1, -0.05) is 23.9 Å². The topological polar surface area (TPSA) is 75.6 Å². The van der Waals surface area contributed by atoms with E-state index in [2.05, 4.69) is 9.97 Å². The minimum atomic E-state index is -0.490. The first-order valence-corrected chi connectivity index (χ1v) is 10.3. The maximum atomic E-state index is 13.9. The summed E-state index contributed by atoms with van der Waals surface area (Å²) in [4.78, 5) is 36.3. The van der Waals surface area contributed by atoms with Gasteiger partial charge in [0.05, 0.1) is 11.4 Å². The summed E-state index contributed by atoms with van der Waals surface area (Å²) in [5, 5.41) is 0.509. The second-order valence-corrected chi connectivity index (χ2v) is 7.64. The number of hydrogen-bond acceptors (Lipinski definition) is 7. The van der Waals surface area contributed by atoms with Crippen molar-refractivity contribution < 1.29 is 18.7 Å². The van der Waals surface area contributed by atoms with Crippen molar-refractivity contribution in [3.05, 3.63) is 47.5 Å². The maximum Gasteiger partial charge on any atom is 0.316 e. The molecular weight excluding hydrogens is 395 g/mol. The third-order valence-corrected chi connectivity index (χ3v) is 5.28. The Hall–Kier alpha value is -2.68. The largest absolute Gasteiger partial charge is 0.455 e. The number of amides is 1.